The summed E-state index contributed by atoms with van der Waals surface area (Å²) in [5.74, 6) is -0.337. The minimum atomic E-state index is -3.30. The number of benzene rings is 1. The van der Waals surface area contributed by atoms with Gasteiger partial charge in [0.2, 0.25) is 10.0 Å². The Balaban J connectivity index is 2.06. The monoisotopic (exact) mass is 339 g/mol. The highest BCUT2D eigenvalue weighted by Gasteiger charge is 2.29. The Morgan fingerprint density at radius 3 is 2.65 bits per heavy atom. The van der Waals surface area contributed by atoms with Crippen LogP contribution in [0.5, 0.6) is 0 Å². The lowest BCUT2D eigenvalue weighted by Crippen LogP contribution is -2.40. The summed E-state index contributed by atoms with van der Waals surface area (Å²) in [6.45, 7) is 5.84. The van der Waals surface area contributed by atoms with Crippen molar-refractivity contribution in [3.05, 3.63) is 34.9 Å². The van der Waals surface area contributed by atoms with E-state index in [1.54, 1.807) is 19.9 Å². The Morgan fingerprint density at radius 2 is 2.00 bits per heavy atom. The van der Waals surface area contributed by atoms with E-state index in [-0.39, 0.29) is 17.3 Å². The van der Waals surface area contributed by atoms with Gasteiger partial charge in [-0.1, -0.05) is 19.4 Å². The van der Waals surface area contributed by atoms with Crippen LogP contribution >= 0.6 is 0 Å². The third-order valence-electron chi connectivity index (χ3n) is 4.21. The molecule has 0 spiro atoms. The van der Waals surface area contributed by atoms with Crippen LogP contribution in [-0.4, -0.2) is 32.3 Å². The predicted octanol–water partition coefficient (Wildman–Crippen LogP) is 2.44. The number of sulfonamides is 1. The molecule has 0 saturated heterocycles. The first-order chi connectivity index (χ1) is 10.9. The van der Waals surface area contributed by atoms with Gasteiger partial charge in [0.05, 0.1) is 17.4 Å². The molecule has 0 bridgehead atoms. The van der Waals surface area contributed by atoms with Gasteiger partial charge in [0.25, 0.3) is 0 Å². The van der Waals surface area contributed by atoms with Crippen LogP contribution in [0.15, 0.2) is 18.2 Å². The van der Waals surface area contributed by atoms with E-state index in [0.717, 1.165) is 17.5 Å². The molecule has 0 saturated carbocycles. The standard InChI is InChI=1S/C17H25NO4S/c1-4-6-12(3)23(20,21)18-16-10-13-7-8-14(9-15(13)11-16)17(19)22-5-2/h7-9,12,16,18H,4-6,10-11H2,1-3H3. The number of rotatable bonds is 7. The fourth-order valence-corrected chi connectivity index (χ4v) is 4.36. The molecule has 2 atom stereocenters. The fraction of sp³-hybridized carbons (Fsp3) is 0.588. The number of hydrogen-bond donors (Lipinski definition) is 1. The van der Waals surface area contributed by atoms with Gasteiger partial charge in [0.15, 0.2) is 0 Å². The van der Waals surface area contributed by atoms with E-state index in [2.05, 4.69) is 4.72 Å². The molecule has 128 valence electrons. The van der Waals surface area contributed by atoms with Crippen LogP contribution in [-0.2, 0) is 27.6 Å². The minimum Gasteiger partial charge on any atom is -0.462 e. The third kappa shape index (κ3) is 4.32. The molecule has 1 aliphatic rings. The Morgan fingerprint density at radius 1 is 1.30 bits per heavy atom. The van der Waals surface area contributed by atoms with Gasteiger partial charge in [0, 0.05) is 6.04 Å². The van der Waals surface area contributed by atoms with Gasteiger partial charge in [0.1, 0.15) is 0 Å². The van der Waals surface area contributed by atoms with E-state index in [9.17, 15) is 13.2 Å². The molecule has 0 fully saturated rings. The van der Waals surface area contributed by atoms with E-state index in [1.807, 2.05) is 19.1 Å². The number of hydrogen-bond acceptors (Lipinski definition) is 4. The summed E-state index contributed by atoms with van der Waals surface area (Å²) in [6.07, 6.45) is 2.77. The van der Waals surface area contributed by atoms with Gasteiger partial charge >= 0.3 is 5.97 Å². The SMILES string of the molecule is CCCC(C)S(=O)(=O)NC1Cc2ccc(C(=O)OCC)cc2C1. The highest BCUT2D eigenvalue weighted by molar-refractivity contribution is 7.90. The van der Waals surface area contributed by atoms with Crippen LogP contribution in [0.3, 0.4) is 0 Å². The molecule has 2 rings (SSSR count). The van der Waals surface area contributed by atoms with Gasteiger partial charge in [-0.15, -0.1) is 0 Å². The zero-order valence-electron chi connectivity index (χ0n) is 14.0. The molecule has 0 aliphatic heterocycles. The molecule has 1 aromatic carbocycles. The first-order valence-corrected chi connectivity index (χ1v) is 9.72. The highest BCUT2D eigenvalue weighted by Crippen LogP contribution is 2.25. The number of ether oxygens (including phenoxy) is 1. The lowest BCUT2D eigenvalue weighted by Gasteiger charge is -2.17. The fourth-order valence-electron chi connectivity index (χ4n) is 2.95. The first kappa shape index (κ1) is 17.9. The molecule has 0 heterocycles. The Labute approximate surface area is 138 Å². The molecule has 1 aliphatic carbocycles. The van der Waals surface area contributed by atoms with Crippen molar-refractivity contribution < 1.29 is 17.9 Å². The summed E-state index contributed by atoms with van der Waals surface area (Å²) in [6, 6.07) is 5.32. The Bertz CT molecular complexity index is 669. The van der Waals surface area contributed by atoms with Crippen molar-refractivity contribution in [1.82, 2.24) is 4.72 Å². The van der Waals surface area contributed by atoms with Crippen LogP contribution in [0.2, 0.25) is 0 Å². The van der Waals surface area contributed by atoms with E-state index in [0.29, 0.717) is 31.4 Å². The zero-order valence-corrected chi connectivity index (χ0v) is 14.8. The maximum absolute atomic E-state index is 12.3. The van der Waals surface area contributed by atoms with Crippen LogP contribution < -0.4 is 4.72 Å². The topological polar surface area (TPSA) is 72.5 Å². The van der Waals surface area contributed by atoms with Crippen LogP contribution in [0, 0.1) is 0 Å². The summed E-state index contributed by atoms with van der Waals surface area (Å²) in [4.78, 5) is 11.8. The second kappa shape index (κ2) is 7.45. The second-order valence-corrected chi connectivity index (χ2v) is 8.20. The number of carbonyl (C=O) groups excluding carboxylic acids is 1. The van der Waals surface area contributed by atoms with Gasteiger partial charge in [-0.25, -0.2) is 17.9 Å². The van der Waals surface area contributed by atoms with Crippen molar-refractivity contribution in [3.63, 3.8) is 0 Å². The van der Waals surface area contributed by atoms with E-state index >= 15 is 0 Å². The summed E-state index contributed by atoms with van der Waals surface area (Å²) in [5, 5.41) is -0.383. The summed E-state index contributed by atoms with van der Waals surface area (Å²) in [7, 11) is -3.30. The molecule has 0 amide bonds. The zero-order chi connectivity index (χ0) is 17.0. The van der Waals surface area contributed by atoms with Gasteiger partial charge in [-0.05, 0) is 56.4 Å². The van der Waals surface area contributed by atoms with Crippen LogP contribution in [0.4, 0.5) is 0 Å². The van der Waals surface area contributed by atoms with Crippen molar-refractivity contribution >= 4 is 16.0 Å². The number of fused-ring (bicyclic) bond motifs is 1. The number of nitrogens with one attached hydrogen (secondary N) is 1. The van der Waals surface area contributed by atoms with Gasteiger partial charge < -0.3 is 4.74 Å². The van der Waals surface area contributed by atoms with Crippen molar-refractivity contribution in [2.24, 2.45) is 0 Å². The maximum Gasteiger partial charge on any atom is 0.338 e. The summed E-state index contributed by atoms with van der Waals surface area (Å²) < 4.78 is 32.4. The van der Waals surface area contributed by atoms with Crippen LogP contribution in [0.25, 0.3) is 0 Å². The third-order valence-corrected chi connectivity index (χ3v) is 6.16. The van der Waals surface area contributed by atoms with Crippen molar-refractivity contribution in [1.29, 1.82) is 0 Å². The van der Waals surface area contributed by atoms with Crippen molar-refractivity contribution in [2.75, 3.05) is 6.61 Å². The molecule has 23 heavy (non-hydrogen) atoms. The largest absolute Gasteiger partial charge is 0.462 e. The maximum atomic E-state index is 12.3. The first-order valence-electron chi connectivity index (χ1n) is 8.17. The average Bonchev–Trinajstić information content (AvgIpc) is 2.88. The Kier molecular flexibility index (Phi) is 5.81. The second-order valence-electron chi connectivity index (χ2n) is 6.07. The molecule has 6 heteroatoms. The van der Waals surface area contributed by atoms with E-state index in [4.69, 9.17) is 4.74 Å². The van der Waals surface area contributed by atoms with E-state index < -0.39 is 10.0 Å². The molecule has 1 aromatic rings. The summed E-state index contributed by atoms with van der Waals surface area (Å²) in [5.41, 5.74) is 2.63. The lowest BCUT2D eigenvalue weighted by molar-refractivity contribution is 0.0526. The van der Waals surface area contributed by atoms with Crippen molar-refractivity contribution in [3.8, 4) is 0 Å². The Hall–Kier alpha value is -1.40. The molecular weight excluding hydrogens is 314 g/mol. The number of carbonyl (C=O) groups is 1. The number of esters is 1. The highest BCUT2D eigenvalue weighted by atomic mass is 32.2. The van der Waals surface area contributed by atoms with Crippen molar-refractivity contribution in [2.45, 2.75) is 57.7 Å². The molecular formula is C17H25NO4S. The molecule has 0 aromatic heterocycles. The lowest BCUT2D eigenvalue weighted by atomic mass is 10.1. The smallest absolute Gasteiger partial charge is 0.338 e. The van der Waals surface area contributed by atoms with Crippen LogP contribution in [0.1, 0.15) is 55.1 Å². The molecule has 5 nitrogen and oxygen atoms in total. The molecule has 1 N–H and O–H groups in total. The predicted molar refractivity (Wildman–Crippen MR) is 90.0 cm³/mol. The average molecular weight is 339 g/mol. The minimum absolute atomic E-state index is 0.133. The normalized spacial score (nSPS) is 18.5. The quantitative estimate of drug-likeness (QED) is 0.775. The van der Waals surface area contributed by atoms with Gasteiger partial charge in [-0.3, -0.25) is 0 Å². The van der Waals surface area contributed by atoms with E-state index in [1.165, 1.54) is 0 Å². The molecule has 0 radical (unpaired) electrons. The molecule has 2 unspecified atom stereocenters. The van der Waals surface area contributed by atoms with Gasteiger partial charge in [-0.2, -0.15) is 0 Å². The summed E-state index contributed by atoms with van der Waals surface area (Å²) >= 11 is 0.